The number of carbonyl (C=O) groups is 1. The Morgan fingerprint density at radius 3 is 2.33 bits per heavy atom. The van der Waals surface area contributed by atoms with E-state index >= 15 is 0 Å². The molecule has 2 nitrogen and oxygen atoms in total. The van der Waals surface area contributed by atoms with Crippen molar-refractivity contribution in [2.24, 2.45) is 0 Å². The highest BCUT2D eigenvalue weighted by Crippen LogP contribution is 2.27. The van der Waals surface area contributed by atoms with E-state index in [2.05, 4.69) is 18.5 Å². The fraction of sp³-hybridized carbons (Fsp3) is 0.308. The minimum atomic E-state index is -0.121. The summed E-state index contributed by atoms with van der Waals surface area (Å²) < 4.78 is 0. The van der Waals surface area contributed by atoms with Gasteiger partial charge in [-0.1, -0.05) is 39.2 Å². The normalized spacial score (nSPS) is 20.7. The van der Waals surface area contributed by atoms with Gasteiger partial charge in [0.1, 0.15) is 0 Å². The van der Waals surface area contributed by atoms with Crippen molar-refractivity contribution in [1.82, 2.24) is 5.32 Å². The smallest absolute Gasteiger partial charge is 0.255 e. The Hall–Kier alpha value is -1.57. The average Bonchev–Trinajstić information content (AvgIpc) is 2.57. The summed E-state index contributed by atoms with van der Waals surface area (Å²) in [5.74, 6) is -0.121. The molecule has 1 fully saturated rings. The van der Waals surface area contributed by atoms with Crippen LogP contribution in [0.3, 0.4) is 0 Å². The van der Waals surface area contributed by atoms with Gasteiger partial charge in [-0.05, 0) is 19.4 Å². The molecule has 82 valence electrons. The van der Waals surface area contributed by atoms with Gasteiger partial charge in [-0.15, -0.1) is 0 Å². The highest BCUT2D eigenvalue weighted by molar-refractivity contribution is 6.04. The predicted molar refractivity (Wildman–Crippen MR) is 65.3 cm³/mol. The van der Waals surface area contributed by atoms with Crippen LogP contribution in [0.25, 0.3) is 0 Å². The summed E-state index contributed by atoms with van der Waals surface area (Å²) in [6, 6.07) is 0. The van der Waals surface area contributed by atoms with E-state index < -0.39 is 0 Å². The summed E-state index contributed by atoms with van der Waals surface area (Å²) in [6.07, 6.45) is 3.59. The number of nitrogens with one attached hydrogen (secondary N) is 1. The Morgan fingerprint density at radius 1 is 1.40 bits per heavy atom. The highest BCUT2D eigenvalue weighted by Gasteiger charge is 2.25. The van der Waals surface area contributed by atoms with E-state index in [9.17, 15) is 4.79 Å². The Balaban J connectivity index is 0.000000921. The number of rotatable bonds is 1. The molecule has 1 aliphatic heterocycles. The van der Waals surface area contributed by atoms with Gasteiger partial charge in [0, 0.05) is 16.8 Å². The zero-order valence-corrected chi connectivity index (χ0v) is 9.98. The van der Waals surface area contributed by atoms with E-state index in [0.717, 1.165) is 16.8 Å². The number of amides is 1. The number of hydrogen-bond donors (Lipinski definition) is 1. The van der Waals surface area contributed by atoms with Gasteiger partial charge in [0.25, 0.3) is 5.91 Å². The Bertz CT molecular complexity index is 346. The SMILES string of the molecule is C=C/C(C)=C1\C(=C)C(=O)N\C1=C\C.CC. The second-order valence-electron chi connectivity index (χ2n) is 2.90. The lowest BCUT2D eigenvalue weighted by Gasteiger charge is -2.01. The first-order valence-electron chi connectivity index (χ1n) is 5.12. The summed E-state index contributed by atoms with van der Waals surface area (Å²) in [6.45, 7) is 15.2. The number of hydrogen-bond acceptors (Lipinski definition) is 1. The maximum absolute atomic E-state index is 11.3. The van der Waals surface area contributed by atoms with Gasteiger partial charge in [0.15, 0.2) is 0 Å². The van der Waals surface area contributed by atoms with Crippen molar-refractivity contribution in [2.45, 2.75) is 27.7 Å². The van der Waals surface area contributed by atoms with Crippen LogP contribution in [-0.4, -0.2) is 5.91 Å². The molecule has 0 radical (unpaired) electrons. The number of allylic oxidation sites excluding steroid dienone is 4. The van der Waals surface area contributed by atoms with Crippen LogP contribution in [0.4, 0.5) is 0 Å². The molecule has 0 atom stereocenters. The van der Waals surface area contributed by atoms with Crippen LogP contribution >= 0.6 is 0 Å². The van der Waals surface area contributed by atoms with Crippen molar-refractivity contribution in [3.8, 4) is 0 Å². The molecule has 0 aliphatic carbocycles. The van der Waals surface area contributed by atoms with Crippen LogP contribution in [0.5, 0.6) is 0 Å². The zero-order valence-electron chi connectivity index (χ0n) is 9.98. The summed E-state index contributed by atoms with van der Waals surface area (Å²) >= 11 is 0. The third-order valence-corrected chi connectivity index (χ3v) is 2.08. The van der Waals surface area contributed by atoms with Gasteiger partial charge in [-0.2, -0.15) is 0 Å². The van der Waals surface area contributed by atoms with E-state index in [4.69, 9.17) is 0 Å². The van der Waals surface area contributed by atoms with Gasteiger partial charge >= 0.3 is 0 Å². The van der Waals surface area contributed by atoms with Crippen molar-refractivity contribution in [3.05, 3.63) is 47.7 Å². The second-order valence-corrected chi connectivity index (χ2v) is 2.90. The third-order valence-electron chi connectivity index (χ3n) is 2.08. The van der Waals surface area contributed by atoms with Crippen LogP contribution in [0, 0.1) is 0 Å². The molecule has 2 heteroatoms. The molecule has 15 heavy (non-hydrogen) atoms. The largest absolute Gasteiger partial charge is 0.322 e. The maximum atomic E-state index is 11.3. The molecule has 0 aromatic rings. The van der Waals surface area contributed by atoms with E-state index in [1.165, 1.54) is 0 Å². The van der Waals surface area contributed by atoms with Crippen molar-refractivity contribution >= 4 is 5.91 Å². The van der Waals surface area contributed by atoms with E-state index in [1.54, 1.807) is 6.08 Å². The quantitative estimate of drug-likeness (QED) is 0.655. The number of carbonyl (C=O) groups excluding carboxylic acids is 1. The van der Waals surface area contributed by atoms with E-state index in [1.807, 2.05) is 33.8 Å². The molecule has 0 aromatic carbocycles. The van der Waals surface area contributed by atoms with Crippen LogP contribution in [0.15, 0.2) is 47.7 Å². The lowest BCUT2D eigenvalue weighted by molar-refractivity contribution is -0.115. The first-order valence-corrected chi connectivity index (χ1v) is 5.12. The standard InChI is InChI=1S/C11H13NO.C2H6/c1-5-7(3)10-8(4)11(13)12-9(10)6-2;1-2/h5-6H,1,4H2,2-3H3,(H,12,13);1-2H3/b9-6+,10-7+;. The Morgan fingerprint density at radius 2 is 1.93 bits per heavy atom. The minimum Gasteiger partial charge on any atom is -0.322 e. The lowest BCUT2D eigenvalue weighted by Crippen LogP contribution is -2.12. The molecule has 0 aromatic heterocycles. The van der Waals surface area contributed by atoms with Gasteiger partial charge in [0.05, 0.1) is 0 Å². The van der Waals surface area contributed by atoms with E-state index in [-0.39, 0.29) is 5.91 Å². The molecule has 1 saturated heterocycles. The van der Waals surface area contributed by atoms with Crippen molar-refractivity contribution in [3.63, 3.8) is 0 Å². The van der Waals surface area contributed by atoms with Crippen LogP contribution in [0.2, 0.25) is 0 Å². The van der Waals surface area contributed by atoms with Crippen molar-refractivity contribution < 1.29 is 4.79 Å². The lowest BCUT2D eigenvalue weighted by atomic mass is 10.0. The van der Waals surface area contributed by atoms with E-state index in [0.29, 0.717) is 5.57 Å². The van der Waals surface area contributed by atoms with Gasteiger partial charge in [-0.3, -0.25) is 4.79 Å². The maximum Gasteiger partial charge on any atom is 0.255 e. The first kappa shape index (κ1) is 13.4. The summed E-state index contributed by atoms with van der Waals surface area (Å²) in [5.41, 5.74) is 3.19. The van der Waals surface area contributed by atoms with Crippen LogP contribution in [-0.2, 0) is 4.79 Å². The predicted octanol–water partition coefficient (Wildman–Crippen LogP) is 3.10. The van der Waals surface area contributed by atoms with Crippen molar-refractivity contribution in [2.75, 3.05) is 0 Å². The topological polar surface area (TPSA) is 29.1 Å². The fourth-order valence-corrected chi connectivity index (χ4v) is 1.31. The molecular weight excluding hydrogens is 186 g/mol. The highest BCUT2D eigenvalue weighted by atomic mass is 16.2. The molecule has 1 heterocycles. The fourth-order valence-electron chi connectivity index (χ4n) is 1.31. The summed E-state index contributed by atoms with van der Waals surface area (Å²) in [7, 11) is 0. The third kappa shape index (κ3) is 2.69. The summed E-state index contributed by atoms with van der Waals surface area (Å²) in [5, 5.41) is 2.74. The van der Waals surface area contributed by atoms with Gasteiger partial charge in [-0.25, -0.2) is 0 Å². The minimum absolute atomic E-state index is 0.121. The van der Waals surface area contributed by atoms with Crippen molar-refractivity contribution in [1.29, 1.82) is 0 Å². The molecule has 0 spiro atoms. The van der Waals surface area contributed by atoms with Crippen LogP contribution < -0.4 is 5.32 Å². The summed E-state index contributed by atoms with van der Waals surface area (Å²) in [4.78, 5) is 11.3. The van der Waals surface area contributed by atoms with Crippen LogP contribution in [0.1, 0.15) is 27.7 Å². The Labute approximate surface area is 92.1 Å². The molecule has 1 N–H and O–H groups in total. The molecule has 0 unspecified atom stereocenters. The zero-order chi connectivity index (χ0) is 12.0. The molecule has 0 bridgehead atoms. The second kappa shape index (κ2) is 6.02. The monoisotopic (exact) mass is 205 g/mol. The molecule has 0 saturated carbocycles. The molecule has 1 rings (SSSR count). The molecular formula is C13H19NO. The Kier molecular flexibility index (Phi) is 5.39. The first-order chi connectivity index (χ1) is 7.11. The molecule has 1 aliphatic rings. The molecule has 1 amide bonds. The average molecular weight is 205 g/mol. The van der Waals surface area contributed by atoms with Gasteiger partial charge in [0.2, 0.25) is 0 Å². The van der Waals surface area contributed by atoms with Gasteiger partial charge < -0.3 is 5.32 Å².